The number of nitrogens with one attached hydrogen (secondary N) is 4. The van der Waals surface area contributed by atoms with Crippen LogP contribution in [0.5, 0.6) is 0 Å². The summed E-state index contributed by atoms with van der Waals surface area (Å²) < 4.78 is 34.3. The zero-order chi connectivity index (χ0) is 28.7. The van der Waals surface area contributed by atoms with Crippen molar-refractivity contribution in [3.8, 4) is 0 Å². The average Bonchev–Trinajstić information content (AvgIpc) is 3.54. The molecule has 41 heavy (non-hydrogen) atoms. The maximum atomic E-state index is 14.3. The molecule has 1 atom stereocenters. The third kappa shape index (κ3) is 5.15. The van der Waals surface area contributed by atoms with E-state index in [9.17, 15) is 23.2 Å². The van der Waals surface area contributed by atoms with Gasteiger partial charge >= 0.3 is 0 Å². The number of allylic oxidation sites excluding steroid dienone is 2. The van der Waals surface area contributed by atoms with Gasteiger partial charge in [0, 0.05) is 16.0 Å². The molecular formula is C26H20ClF2N8O3S+. The van der Waals surface area contributed by atoms with Crippen LogP contribution >= 0.6 is 23.1 Å². The summed E-state index contributed by atoms with van der Waals surface area (Å²) in [6, 6.07) is 6.59. The third-order valence-corrected chi connectivity index (χ3v) is 7.62. The monoisotopic (exact) mass is 597 g/mol. The molecule has 0 saturated heterocycles. The van der Waals surface area contributed by atoms with Gasteiger partial charge in [0.05, 0.1) is 28.7 Å². The molecule has 0 radical (unpaired) electrons. The summed E-state index contributed by atoms with van der Waals surface area (Å²) in [7, 11) is 0. The summed E-state index contributed by atoms with van der Waals surface area (Å²) in [4.78, 5) is 43.9. The Morgan fingerprint density at radius 2 is 1.98 bits per heavy atom. The zero-order valence-electron chi connectivity index (χ0n) is 20.9. The van der Waals surface area contributed by atoms with Gasteiger partial charge in [-0.05, 0) is 60.1 Å². The van der Waals surface area contributed by atoms with Crippen molar-refractivity contribution in [2.45, 2.75) is 12.6 Å². The number of carbonyl (C=O) groups excluding carboxylic acids is 3. The minimum Gasteiger partial charge on any atom is -0.344 e. The van der Waals surface area contributed by atoms with Gasteiger partial charge < -0.3 is 20.5 Å². The number of halogens is 3. The van der Waals surface area contributed by atoms with E-state index < -0.39 is 35.4 Å². The van der Waals surface area contributed by atoms with Gasteiger partial charge in [0.2, 0.25) is 11.7 Å². The first-order valence-electron chi connectivity index (χ1n) is 12.2. The van der Waals surface area contributed by atoms with Crippen molar-refractivity contribution in [2.24, 2.45) is 0 Å². The molecule has 2 aliphatic heterocycles. The van der Waals surface area contributed by atoms with E-state index in [1.165, 1.54) is 34.9 Å². The van der Waals surface area contributed by atoms with Gasteiger partial charge in [-0.15, -0.1) is 0 Å². The van der Waals surface area contributed by atoms with Gasteiger partial charge in [0.25, 0.3) is 11.8 Å². The molecule has 4 heterocycles. The molecular weight excluding hydrogens is 578 g/mol. The highest BCUT2D eigenvalue weighted by Crippen LogP contribution is 2.36. The van der Waals surface area contributed by atoms with Crippen LogP contribution in [-0.2, 0) is 11.3 Å². The summed E-state index contributed by atoms with van der Waals surface area (Å²) in [6.45, 7) is -0.169. The number of nitrogens with two attached hydrogens (primary N) is 1. The first-order valence-corrected chi connectivity index (χ1v) is 13.4. The Hall–Kier alpha value is -4.66. The topological polar surface area (TPSA) is 147 Å². The van der Waals surface area contributed by atoms with E-state index in [4.69, 9.17) is 11.6 Å². The van der Waals surface area contributed by atoms with E-state index in [1.54, 1.807) is 23.8 Å². The van der Waals surface area contributed by atoms with Crippen molar-refractivity contribution in [3.05, 3.63) is 99.9 Å². The van der Waals surface area contributed by atoms with Crippen molar-refractivity contribution >= 4 is 56.8 Å². The van der Waals surface area contributed by atoms with Crippen LogP contribution in [0.1, 0.15) is 38.4 Å². The van der Waals surface area contributed by atoms with Crippen LogP contribution in [0.15, 0.2) is 60.4 Å². The van der Waals surface area contributed by atoms with E-state index in [0.717, 1.165) is 17.6 Å². The fourth-order valence-electron chi connectivity index (χ4n) is 4.60. The van der Waals surface area contributed by atoms with Crippen LogP contribution in [-0.4, -0.2) is 38.2 Å². The number of hydrogen-bond donors (Lipinski definition) is 5. The molecule has 4 aromatic rings. The fraction of sp³-hybridized carbons (Fsp3) is 0.115. The molecule has 0 aliphatic carbocycles. The van der Waals surface area contributed by atoms with Crippen LogP contribution in [0.3, 0.4) is 0 Å². The van der Waals surface area contributed by atoms with E-state index >= 15 is 0 Å². The number of fused-ring (bicyclic) bond motifs is 2. The number of quaternary nitrogens is 1. The number of carbonyl (C=O) groups is 3. The molecule has 0 bridgehead atoms. The highest BCUT2D eigenvalue weighted by molar-refractivity contribution is 7.13. The second-order valence-corrected chi connectivity index (χ2v) is 10.3. The number of rotatable bonds is 6. The number of anilines is 1. The summed E-state index contributed by atoms with van der Waals surface area (Å²) >= 11 is 7.41. The average molecular weight is 598 g/mol. The molecule has 6 rings (SSSR count). The Morgan fingerprint density at radius 1 is 1.17 bits per heavy atom. The Labute approximate surface area is 239 Å². The molecule has 0 spiro atoms. The Kier molecular flexibility index (Phi) is 6.95. The van der Waals surface area contributed by atoms with Crippen molar-refractivity contribution in [3.63, 3.8) is 0 Å². The zero-order valence-corrected chi connectivity index (χ0v) is 22.4. The third-order valence-electron chi connectivity index (χ3n) is 6.45. The lowest BCUT2D eigenvalue weighted by Crippen LogP contribution is -2.88. The lowest BCUT2D eigenvalue weighted by Gasteiger charge is -2.28. The van der Waals surface area contributed by atoms with Gasteiger partial charge in [-0.1, -0.05) is 11.6 Å². The molecule has 15 heteroatoms. The Balaban J connectivity index is 1.42. The van der Waals surface area contributed by atoms with E-state index in [-0.39, 0.29) is 46.7 Å². The number of aromatic nitrogens is 3. The molecule has 2 aliphatic rings. The van der Waals surface area contributed by atoms with Gasteiger partial charge in [0.15, 0.2) is 5.82 Å². The van der Waals surface area contributed by atoms with Crippen molar-refractivity contribution in [1.82, 2.24) is 30.0 Å². The predicted octanol–water partition coefficient (Wildman–Crippen LogP) is 2.10. The molecule has 208 valence electrons. The van der Waals surface area contributed by atoms with Crippen LogP contribution in [0.2, 0.25) is 5.02 Å². The fourth-order valence-corrected chi connectivity index (χ4v) is 5.58. The number of amides is 3. The summed E-state index contributed by atoms with van der Waals surface area (Å²) in [5.41, 5.74) is 5.78. The predicted molar refractivity (Wildman–Crippen MR) is 146 cm³/mol. The summed E-state index contributed by atoms with van der Waals surface area (Å²) in [5, 5.41) is 8.60. The number of imidazole rings is 1. The molecule has 1 unspecified atom stereocenters. The lowest BCUT2D eigenvalue weighted by molar-refractivity contribution is -0.642. The van der Waals surface area contributed by atoms with Crippen LogP contribution in [0.25, 0.3) is 10.1 Å². The number of nitrogens with zero attached hydrogens (tertiary/aromatic N) is 3. The van der Waals surface area contributed by atoms with Crippen LogP contribution in [0.4, 0.5) is 14.6 Å². The van der Waals surface area contributed by atoms with Crippen molar-refractivity contribution in [1.29, 1.82) is 0 Å². The van der Waals surface area contributed by atoms with Gasteiger partial charge in [0.1, 0.15) is 30.1 Å². The molecule has 2 aromatic heterocycles. The second kappa shape index (κ2) is 10.7. The first-order chi connectivity index (χ1) is 19.8. The quantitative estimate of drug-likeness (QED) is 0.215. The minimum atomic E-state index is -1.06. The van der Waals surface area contributed by atoms with Gasteiger partial charge in [-0.2, -0.15) is 4.37 Å². The molecule has 2 aromatic carbocycles. The lowest BCUT2D eigenvalue weighted by atomic mass is 10.0. The maximum Gasteiger partial charge on any atom is 0.287 e. The maximum absolute atomic E-state index is 14.3. The molecule has 6 N–H and O–H groups in total. The van der Waals surface area contributed by atoms with Crippen molar-refractivity contribution in [2.75, 3.05) is 11.9 Å². The largest absolute Gasteiger partial charge is 0.344 e. The van der Waals surface area contributed by atoms with Gasteiger partial charge in [-0.25, -0.2) is 24.6 Å². The normalized spacial score (nSPS) is 16.0. The van der Waals surface area contributed by atoms with E-state index in [1.807, 2.05) is 0 Å². The van der Waals surface area contributed by atoms with Crippen LogP contribution in [0, 0.1) is 11.6 Å². The highest BCUT2D eigenvalue weighted by atomic mass is 35.5. The second-order valence-electron chi connectivity index (χ2n) is 9.12. The standard InChI is InChI=1S/C26H19ClF2N8O3S/c27-17-5-3-12(28)8-15(17)20-22-23(34-25(39)21-16-9-13(29)4-6-18(16)41-36-21)33-24(37(22)11-19(38)32-20)26(40)30-10-14-2-1-7-31-35-14/h1-9,20,31,35H,10-11H2,(H,30,40)(H,32,38)(H,34,39)/p+1. The van der Waals surface area contributed by atoms with E-state index in [0.29, 0.717) is 15.8 Å². The number of benzene rings is 2. The highest BCUT2D eigenvalue weighted by Gasteiger charge is 2.36. The smallest absolute Gasteiger partial charge is 0.287 e. The summed E-state index contributed by atoms with van der Waals surface area (Å²) in [6.07, 6.45) is 5.37. The molecule has 3 amide bonds. The SMILES string of the molecule is O=C1Cn2c(C(=O)NCC3=CC=C[NH2+]N3)nc(NC(=O)c3nsc4ccc(F)cc34)c2C(c2cc(F)ccc2Cl)N1. The van der Waals surface area contributed by atoms with Gasteiger partial charge in [-0.3, -0.25) is 14.4 Å². The Bertz CT molecular complexity index is 1800. The first kappa shape index (κ1) is 26.6. The van der Waals surface area contributed by atoms with Crippen molar-refractivity contribution < 1.29 is 28.6 Å². The molecule has 11 nitrogen and oxygen atoms in total. The Morgan fingerprint density at radius 3 is 2.78 bits per heavy atom. The molecule has 0 saturated carbocycles. The van der Waals surface area contributed by atoms with Crippen LogP contribution < -0.4 is 26.8 Å². The van der Waals surface area contributed by atoms with E-state index in [2.05, 4.69) is 30.7 Å². The number of hydrogen-bond acceptors (Lipinski definition) is 7. The minimum absolute atomic E-state index is 0.0444. The molecule has 0 fully saturated rings. The summed E-state index contributed by atoms with van der Waals surface area (Å²) in [5.74, 6) is -3.19.